The molecule has 3 nitrogen and oxygen atoms in total. The summed E-state index contributed by atoms with van der Waals surface area (Å²) in [5.41, 5.74) is 7.29. The van der Waals surface area contributed by atoms with E-state index in [2.05, 4.69) is 9.97 Å². The van der Waals surface area contributed by atoms with Gasteiger partial charge in [0.05, 0.1) is 10.5 Å². The minimum absolute atomic E-state index is 0.694. The Morgan fingerprint density at radius 3 is 2.74 bits per heavy atom. The molecule has 0 amide bonds. The van der Waals surface area contributed by atoms with Gasteiger partial charge in [0.15, 0.2) is 0 Å². The number of hydrogen-bond acceptors (Lipinski definition) is 4. The number of rotatable bonds is 2. The van der Waals surface area contributed by atoms with Crippen molar-refractivity contribution in [2.75, 3.05) is 5.73 Å². The molecular formula is C14H10ClN3S. The maximum absolute atomic E-state index is 6.17. The third-order valence-corrected chi connectivity index (χ3v) is 4.20. The van der Waals surface area contributed by atoms with Crippen molar-refractivity contribution in [3.63, 3.8) is 0 Å². The van der Waals surface area contributed by atoms with Gasteiger partial charge in [0.1, 0.15) is 11.4 Å². The molecule has 94 valence electrons. The van der Waals surface area contributed by atoms with Crippen molar-refractivity contribution in [1.29, 1.82) is 0 Å². The summed E-state index contributed by atoms with van der Waals surface area (Å²) in [5, 5.41) is 2.56. The van der Waals surface area contributed by atoms with Gasteiger partial charge in [0, 0.05) is 16.0 Å². The van der Waals surface area contributed by atoms with Gasteiger partial charge >= 0.3 is 0 Å². The van der Waals surface area contributed by atoms with Crippen LogP contribution in [0, 0.1) is 0 Å². The zero-order chi connectivity index (χ0) is 13.2. The molecule has 0 aliphatic heterocycles. The molecule has 2 aromatic carbocycles. The van der Waals surface area contributed by atoms with Gasteiger partial charge < -0.3 is 5.73 Å². The smallest absolute Gasteiger partial charge is 0.117 e. The number of benzene rings is 2. The van der Waals surface area contributed by atoms with E-state index >= 15 is 0 Å². The lowest BCUT2D eigenvalue weighted by atomic mass is 10.2. The van der Waals surface area contributed by atoms with E-state index in [1.807, 2.05) is 42.5 Å². The van der Waals surface area contributed by atoms with Crippen molar-refractivity contribution in [2.24, 2.45) is 0 Å². The van der Waals surface area contributed by atoms with Gasteiger partial charge in [-0.1, -0.05) is 35.5 Å². The number of anilines is 1. The molecule has 1 heterocycles. The number of fused-ring (bicyclic) bond motifs is 1. The first-order valence-electron chi connectivity index (χ1n) is 5.66. The summed E-state index contributed by atoms with van der Waals surface area (Å²) >= 11 is 7.69. The molecule has 0 fully saturated rings. The number of nitrogens with zero attached hydrogens (tertiary/aromatic N) is 2. The van der Waals surface area contributed by atoms with E-state index in [4.69, 9.17) is 17.3 Å². The summed E-state index contributed by atoms with van der Waals surface area (Å²) in [4.78, 5) is 9.53. The lowest BCUT2D eigenvalue weighted by Crippen LogP contribution is -1.90. The van der Waals surface area contributed by atoms with E-state index in [1.54, 1.807) is 6.33 Å². The fourth-order valence-electron chi connectivity index (χ4n) is 1.76. The van der Waals surface area contributed by atoms with Crippen molar-refractivity contribution in [3.8, 4) is 0 Å². The topological polar surface area (TPSA) is 51.8 Å². The fourth-order valence-corrected chi connectivity index (χ4v) is 2.92. The summed E-state index contributed by atoms with van der Waals surface area (Å²) in [7, 11) is 0. The Bertz CT molecular complexity index is 746. The second-order valence-corrected chi connectivity index (χ2v) is 5.43. The van der Waals surface area contributed by atoms with Gasteiger partial charge in [0.2, 0.25) is 0 Å². The summed E-state index contributed by atoms with van der Waals surface area (Å²) in [5.74, 6) is 0. The molecule has 19 heavy (non-hydrogen) atoms. The second-order valence-electron chi connectivity index (χ2n) is 3.99. The van der Waals surface area contributed by atoms with Crippen LogP contribution < -0.4 is 5.73 Å². The van der Waals surface area contributed by atoms with Gasteiger partial charge in [0.25, 0.3) is 0 Å². The molecule has 3 aromatic rings. The number of nitrogens with two attached hydrogens (primary N) is 1. The zero-order valence-corrected chi connectivity index (χ0v) is 11.4. The Labute approximate surface area is 119 Å². The minimum atomic E-state index is 0.694. The average Bonchev–Trinajstić information content (AvgIpc) is 2.41. The van der Waals surface area contributed by atoms with Crippen LogP contribution in [0.4, 0.5) is 5.69 Å². The van der Waals surface area contributed by atoms with Crippen LogP contribution in [0.15, 0.2) is 58.7 Å². The normalized spacial score (nSPS) is 10.8. The van der Waals surface area contributed by atoms with Crippen LogP contribution >= 0.6 is 23.4 Å². The van der Waals surface area contributed by atoms with Gasteiger partial charge in [-0.3, -0.25) is 0 Å². The standard InChI is InChI=1S/C14H10ClN3S/c15-11-3-1-2-4-13(11)19-14-10-6-5-9(16)7-12(10)17-8-18-14/h1-8H,16H2. The van der Waals surface area contributed by atoms with Crippen LogP contribution in [-0.2, 0) is 0 Å². The third-order valence-electron chi connectivity index (χ3n) is 2.67. The number of hydrogen-bond donors (Lipinski definition) is 1. The number of aromatic nitrogens is 2. The first-order chi connectivity index (χ1) is 9.24. The van der Waals surface area contributed by atoms with Gasteiger partial charge in [-0.05, 0) is 30.3 Å². The van der Waals surface area contributed by atoms with Crippen LogP contribution in [0.1, 0.15) is 0 Å². The van der Waals surface area contributed by atoms with E-state index in [-0.39, 0.29) is 0 Å². The largest absolute Gasteiger partial charge is 0.399 e. The molecule has 0 spiro atoms. The fraction of sp³-hybridized carbons (Fsp3) is 0. The van der Waals surface area contributed by atoms with Crippen LogP contribution in [0.2, 0.25) is 5.02 Å². The number of halogens is 1. The van der Waals surface area contributed by atoms with Crippen molar-refractivity contribution in [2.45, 2.75) is 9.92 Å². The Balaban J connectivity index is 2.09. The Morgan fingerprint density at radius 1 is 1.05 bits per heavy atom. The molecule has 0 bridgehead atoms. The number of nitrogen functional groups attached to an aromatic ring is 1. The maximum Gasteiger partial charge on any atom is 0.117 e. The molecule has 0 aliphatic rings. The summed E-state index contributed by atoms with van der Waals surface area (Å²) in [6, 6.07) is 13.3. The predicted octanol–water partition coefficient (Wildman–Crippen LogP) is 4.02. The second kappa shape index (κ2) is 5.07. The maximum atomic E-state index is 6.17. The molecule has 5 heteroatoms. The molecule has 0 radical (unpaired) electrons. The monoisotopic (exact) mass is 287 g/mol. The Morgan fingerprint density at radius 2 is 1.89 bits per heavy atom. The highest BCUT2D eigenvalue weighted by molar-refractivity contribution is 7.99. The SMILES string of the molecule is Nc1ccc2c(Sc3ccccc3Cl)ncnc2c1. The highest BCUT2D eigenvalue weighted by Gasteiger charge is 2.08. The summed E-state index contributed by atoms with van der Waals surface area (Å²) < 4.78 is 0. The van der Waals surface area contributed by atoms with Crippen molar-refractivity contribution in [1.82, 2.24) is 9.97 Å². The van der Waals surface area contributed by atoms with Crippen LogP contribution in [0.3, 0.4) is 0 Å². The molecule has 0 unspecified atom stereocenters. The van der Waals surface area contributed by atoms with E-state index < -0.39 is 0 Å². The Kier molecular flexibility index (Phi) is 3.27. The predicted molar refractivity (Wildman–Crippen MR) is 79.5 cm³/mol. The molecule has 1 aromatic heterocycles. The van der Waals surface area contributed by atoms with Crippen molar-refractivity contribution >= 4 is 40.0 Å². The molecular weight excluding hydrogens is 278 g/mol. The molecule has 0 atom stereocenters. The van der Waals surface area contributed by atoms with Crippen LogP contribution in [0.5, 0.6) is 0 Å². The van der Waals surface area contributed by atoms with Crippen LogP contribution in [-0.4, -0.2) is 9.97 Å². The quantitative estimate of drug-likeness (QED) is 0.571. The van der Waals surface area contributed by atoms with E-state index in [1.165, 1.54) is 11.8 Å². The highest BCUT2D eigenvalue weighted by Crippen LogP contribution is 2.35. The first kappa shape index (κ1) is 12.3. The van der Waals surface area contributed by atoms with Crippen LogP contribution in [0.25, 0.3) is 10.9 Å². The van der Waals surface area contributed by atoms with Gasteiger partial charge in [-0.2, -0.15) is 0 Å². The molecule has 0 saturated carbocycles. The molecule has 2 N–H and O–H groups in total. The van der Waals surface area contributed by atoms with E-state index in [0.717, 1.165) is 25.8 Å². The zero-order valence-electron chi connectivity index (χ0n) is 9.88. The van der Waals surface area contributed by atoms with Crippen molar-refractivity contribution < 1.29 is 0 Å². The van der Waals surface area contributed by atoms with E-state index in [0.29, 0.717) is 5.69 Å². The third kappa shape index (κ3) is 2.50. The Hall–Kier alpha value is -1.78. The molecule has 0 saturated heterocycles. The van der Waals surface area contributed by atoms with Crippen molar-refractivity contribution in [3.05, 3.63) is 53.8 Å². The molecule has 3 rings (SSSR count). The summed E-state index contributed by atoms with van der Waals surface area (Å²) in [6.07, 6.45) is 1.54. The van der Waals surface area contributed by atoms with Gasteiger partial charge in [-0.15, -0.1) is 0 Å². The minimum Gasteiger partial charge on any atom is -0.399 e. The lowest BCUT2D eigenvalue weighted by molar-refractivity contribution is 1.10. The van der Waals surface area contributed by atoms with Gasteiger partial charge in [-0.25, -0.2) is 9.97 Å². The lowest BCUT2D eigenvalue weighted by Gasteiger charge is -2.06. The summed E-state index contributed by atoms with van der Waals surface area (Å²) in [6.45, 7) is 0. The highest BCUT2D eigenvalue weighted by atomic mass is 35.5. The van der Waals surface area contributed by atoms with E-state index in [9.17, 15) is 0 Å². The first-order valence-corrected chi connectivity index (χ1v) is 6.86. The average molecular weight is 288 g/mol. The molecule has 0 aliphatic carbocycles.